The molecule has 88 valence electrons. The second-order valence-corrected chi connectivity index (χ2v) is 3.73. The maximum Gasteiger partial charge on any atom is 0.328 e. The van der Waals surface area contributed by atoms with Crippen LogP contribution >= 0.6 is 0 Å². The molecule has 0 saturated carbocycles. The van der Waals surface area contributed by atoms with Gasteiger partial charge >= 0.3 is 5.97 Å². The Morgan fingerprint density at radius 1 is 1.27 bits per heavy atom. The molecule has 0 saturated heterocycles. The molecule has 0 unspecified atom stereocenters. The van der Waals surface area contributed by atoms with Crippen LogP contribution in [0.25, 0.3) is 0 Å². The standard InChI is InChI=1S/C5H14NO.C4H4O4/c1-6(2,3)4-5-7;5-3(6)1-2-4(7)8/h7H,4-5H2,1-3H3;1-2H,(H,5,6)(H,7,8)/q+1;/p-1. The third-order valence-corrected chi connectivity index (χ3v) is 1.13. The van der Waals surface area contributed by atoms with Crippen LogP contribution in [0.4, 0.5) is 0 Å². The molecule has 0 aromatic heterocycles. The fourth-order valence-corrected chi connectivity index (χ4v) is 0.439. The van der Waals surface area contributed by atoms with Crippen molar-refractivity contribution in [2.24, 2.45) is 0 Å². The van der Waals surface area contributed by atoms with Gasteiger partial charge in [-0.05, 0) is 6.08 Å². The van der Waals surface area contributed by atoms with Gasteiger partial charge in [0.1, 0.15) is 6.54 Å². The fourth-order valence-electron chi connectivity index (χ4n) is 0.439. The molecule has 0 radical (unpaired) electrons. The monoisotopic (exact) mass is 219 g/mol. The highest BCUT2D eigenvalue weighted by Crippen LogP contribution is 1.84. The molecule has 0 heterocycles. The van der Waals surface area contributed by atoms with Crippen molar-refractivity contribution in [3.63, 3.8) is 0 Å². The minimum Gasteiger partial charge on any atom is -0.545 e. The largest absolute Gasteiger partial charge is 0.545 e. The lowest BCUT2D eigenvalue weighted by Gasteiger charge is -2.21. The maximum absolute atomic E-state index is 9.53. The summed E-state index contributed by atoms with van der Waals surface area (Å²) in [4.78, 5) is 19.0. The zero-order valence-electron chi connectivity index (χ0n) is 9.14. The van der Waals surface area contributed by atoms with Crippen LogP contribution in [-0.4, -0.2) is 60.9 Å². The smallest absolute Gasteiger partial charge is 0.328 e. The molecule has 0 fully saturated rings. The van der Waals surface area contributed by atoms with Gasteiger partial charge in [-0.25, -0.2) is 4.79 Å². The Balaban J connectivity index is 0. The number of carboxylic acids is 2. The summed E-state index contributed by atoms with van der Waals surface area (Å²) in [5.41, 5.74) is 0. The van der Waals surface area contributed by atoms with E-state index in [9.17, 15) is 14.7 Å². The van der Waals surface area contributed by atoms with Crippen molar-refractivity contribution in [3.8, 4) is 0 Å². The van der Waals surface area contributed by atoms with Crippen LogP contribution in [-0.2, 0) is 9.59 Å². The number of carbonyl (C=O) groups is 2. The predicted molar refractivity (Wildman–Crippen MR) is 51.8 cm³/mol. The minimum absolute atomic E-state index is 0.281. The molecular formula is C9H17NO5. The molecular weight excluding hydrogens is 202 g/mol. The molecule has 0 aliphatic carbocycles. The first kappa shape index (κ1) is 16.0. The van der Waals surface area contributed by atoms with Gasteiger partial charge < -0.3 is 24.6 Å². The van der Waals surface area contributed by atoms with E-state index in [1.54, 1.807) is 0 Å². The Morgan fingerprint density at radius 3 is 1.80 bits per heavy atom. The van der Waals surface area contributed by atoms with E-state index in [1.165, 1.54) is 0 Å². The first-order valence-corrected chi connectivity index (χ1v) is 4.22. The Labute approximate surface area is 88.7 Å². The number of carboxylic acid groups (broad SMARTS) is 2. The summed E-state index contributed by atoms with van der Waals surface area (Å²) >= 11 is 0. The normalized spacial score (nSPS) is 10.7. The molecule has 6 heteroatoms. The number of hydrogen-bond donors (Lipinski definition) is 2. The van der Waals surface area contributed by atoms with Crippen molar-refractivity contribution >= 4 is 11.9 Å². The Kier molecular flexibility index (Phi) is 8.51. The number of carbonyl (C=O) groups excluding carboxylic acids is 1. The zero-order valence-corrected chi connectivity index (χ0v) is 9.14. The number of aliphatic hydroxyl groups is 1. The summed E-state index contributed by atoms with van der Waals surface area (Å²) in [6, 6.07) is 0. The number of aliphatic hydroxyl groups excluding tert-OH is 1. The average molecular weight is 219 g/mol. The summed E-state index contributed by atoms with van der Waals surface area (Å²) in [5.74, 6) is -2.80. The lowest BCUT2D eigenvalue weighted by Crippen LogP contribution is -2.36. The van der Waals surface area contributed by atoms with E-state index in [0.717, 1.165) is 11.0 Å². The Morgan fingerprint density at radius 2 is 1.73 bits per heavy atom. The topological polar surface area (TPSA) is 97.7 Å². The van der Waals surface area contributed by atoms with Crippen molar-refractivity contribution in [3.05, 3.63) is 12.2 Å². The fraction of sp³-hybridized carbons (Fsp3) is 0.556. The van der Waals surface area contributed by atoms with Crippen LogP contribution in [0.2, 0.25) is 0 Å². The summed E-state index contributed by atoms with van der Waals surface area (Å²) in [6.45, 7) is 1.11. The SMILES string of the molecule is C[N+](C)(C)CCO.O=C([O-])C=CC(=O)O. The number of likely N-dealkylation sites (N-methyl/N-ethyl adjacent to an activating group) is 1. The van der Waals surface area contributed by atoms with Crippen LogP contribution in [0, 0.1) is 0 Å². The third kappa shape index (κ3) is 24.5. The van der Waals surface area contributed by atoms with Crippen LogP contribution in [0.3, 0.4) is 0 Å². The van der Waals surface area contributed by atoms with Crippen molar-refractivity contribution in [1.29, 1.82) is 0 Å². The highest BCUT2D eigenvalue weighted by atomic mass is 16.4. The molecule has 2 N–H and O–H groups in total. The lowest BCUT2D eigenvalue weighted by molar-refractivity contribution is -0.870. The molecule has 0 amide bonds. The van der Waals surface area contributed by atoms with Crippen molar-refractivity contribution in [2.45, 2.75) is 0 Å². The first-order chi connectivity index (χ1) is 6.69. The van der Waals surface area contributed by atoms with E-state index in [2.05, 4.69) is 21.1 Å². The van der Waals surface area contributed by atoms with E-state index in [0.29, 0.717) is 12.2 Å². The molecule has 0 aliphatic heterocycles. The average Bonchev–Trinajstić information content (AvgIpc) is 1.99. The molecule has 0 aromatic carbocycles. The lowest BCUT2D eigenvalue weighted by atomic mass is 10.5. The molecule has 0 rings (SSSR count). The highest BCUT2D eigenvalue weighted by molar-refractivity contribution is 5.88. The Hall–Kier alpha value is -1.40. The van der Waals surface area contributed by atoms with Crippen molar-refractivity contribution in [1.82, 2.24) is 0 Å². The van der Waals surface area contributed by atoms with Gasteiger partial charge in [-0.15, -0.1) is 0 Å². The second-order valence-electron chi connectivity index (χ2n) is 3.73. The molecule has 15 heavy (non-hydrogen) atoms. The molecule has 0 aliphatic rings. The first-order valence-electron chi connectivity index (χ1n) is 4.22. The van der Waals surface area contributed by atoms with Gasteiger partial charge in [-0.2, -0.15) is 0 Å². The number of nitrogens with zero attached hydrogens (tertiary/aromatic N) is 1. The number of rotatable bonds is 4. The van der Waals surface area contributed by atoms with E-state index in [-0.39, 0.29) is 6.61 Å². The zero-order chi connectivity index (χ0) is 12.5. The van der Waals surface area contributed by atoms with E-state index >= 15 is 0 Å². The van der Waals surface area contributed by atoms with Gasteiger partial charge in [0.25, 0.3) is 0 Å². The second kappa shape index (κ2) is 7.95. The third-order valence-electron chi connectivity index (χ3n) is 1.13. The molecule has 0 aromatic rings. The summed E-state index contributed by atoms with van der Waals surface area (Å²) in [6.07, 6.45) is 0.942. The molecule has 0 bridgehead atoms. The van der Waals surface area contributed by atoms with Gasteiger partial charge in [0.15, 0.2) is 0 Å². The van der Waals surface area contributed by atoms with Crippen LogP contribution < -0.4 is 5.11 Å². The van der Waals surface area contributed by atoms with Gasteiger partial charge in [-0.3, -0.25) is 0 Å². The molecule has 0 spiro atoms. The van der Waals surface area contributed by atoms with Crippen molar-refractivity contribution in [2.75, 3.05) is 34.3 Å². The van der Waals surface area contributed by atoms with E-state index < -0.39 is 11.9 Å². The van der Waals surface area contributed by atoms with E-state index in [4.69, 9.17) is 10.2 Å². The Bertz CT molecular complexity index is 213. The van der Waals surface area contributed by atoms with Crippen molar-refractivity contribution < 1.29 is 29.4 Å². The maximum atomic E-state index is 9.53. The predicted octanol–water partition coefficient (Wildman–Crippen LogP) is -1.94. The number of quaternary nitrogens is 1. The van der Waals surface area contributed by atoms with Gasteiger partial charge in [0.05, 0.1) is 33.7 Å². The summed E-state index contributed by atoms with van der Waals surface area (Å²) in [7, 11) is 6.16. The minimum atomic E-state index is -1.51. The summed E-state index contributed by atoms with van der Waals surface area (Å²) < 4.78 is 0.844. The van der Waals surface area contributed by atoms with Gasteiger partial charge in [0, 0.05) is 6.08 Å². The van der Waals surface area contributed by atoms with E-state index in [1.807, 2.05) is 0 Å². The highest BCUT2D eigenvalue weighted by Gasteiger charge is 2.02. The molecule has 6 nitrogen and oxygen atoms in total. The van der Waals surface area contributed by atoms with Crippen LogP contribution in [0.15, 0.2) is 12.2 Å². The van der Waals surface area contributed by atoms with Crippen LogP contribution in [0.5, 0.6) is 0 Å². The van der Waals surface area contributed by atoms with Gasteiger partial charge in [0.2, 0.25) is 0 Å². The number of aliphatic carboxylic acids is 2. The van der Waals surface area contributed by atoms with Crippen LogP contribution in [0.1, 0.15) is 0 Å². The summed E-state index contributed by atoms with van der Waals surface area (Å²) in [5, 5.41) is 25.6. The molecule has 0 atom stereocenters. The quantitative estimate of drug-likeness (QED) is 0.423. The van der Waals surface area contributed by atoms with Gasteiger partial charge in [-0.1, -0.05) is 0 Å². The number of hydrogen-bond acceptors (Lipinski definition) is 4.